The predicted octanol–water partition coefficient (Wildman–Crippen LogP) is 4.14. The third-order valence-corrected chi connectivity index (χ3v) is 3.79. The number of aryl methyl sites for hydroxylation is 1. The maximum Gasteiger partial charge on any atom is 0.331 e. The monoisotopic (exact) mass is 454 g/mol. The Bertz CT molecular complexity index is 932. The molecule has 0 fully saturated rings. The van der Waals surface area contributed by atoms with Crippen LogP contribution in [-0.2, 0) is 16.1 Å². The molecule has 8 heteroatoms. The minimum Gasteiger partial charge on any atom is -0.452 e. The van der Waals surface area contributed by atoms with E-state index in [1.165, 1.54) is 18.2 Å². The van der Waals surface area contributed by atoms with E-state index < -0.39 is 5.97 Å². The van der Waals surface area contributed by atoms with Crippen molar-refractivity contribution in [1.82, 2.24) is 10.1 Å². The van der Waals surface area contributed by atoms with E-state index in [4.69, 9.17) is 13.7 Å². The maximum atomic E-state index is 13.6. The Kier molecular flexibility index (Phi) is 5.27. The number of carbonyl (C=O) groups excluding carboxylic acids is 1. The third-order valence-electron chi connectivity index (χ3n) is 3.21. The van der Waals surface area contributed by atoms with Crippen molar-refractivity contribution in [2.75, 3.05) is 0 Å². The van der Waals surface area contributed by atoms with Crippen molar-refractivity contribution in [2.45, 2.75) is 13.5 Å². The smallest absolute Gasteiger partial charge is 0.331 e. The van der Waals surface area contributed by atoms with Crippen LogP contribution >= 0.6 is 22.6 Å². The van der Waals surface area contributed by atoms with Crippen LogP contribution in [0, 0.1) is 16.5 Å². The van der Waals surface area contributed by atoms with Gasteiger partial charge in [0, 0.05) is 11.6 Å². The largest absolute Gasteiger partial charge is 0.452 e. The van der Waals surface area contributed by atoms with Gasteiger partial charge in [-0.15, -0.1) is 0 Å². The molecule has 3 aromatic rings. The molecule has 0 atom stereocenters. The summed E-state index contributed by atoms with van der Waals surface area (Å²) in [6.45, 7) is 1.48. The molecule has 6 nitrogen and oxygen atoms in total. The molecule has 128 valence electrons. The molecule has 1 aromatic carbocycles. The lowest BCUT2D eigenvalue weighted by Gasteiger charge is -1.98. The molecule has 0 unspecified atom stereocenters. The lowest BCUT2D eigenvalue weighted by molar-refractivity contribution is -0.139. The number of benzene rings is 1. The van der Waals surface area contributed by atoms with Gasteiger partial charge in [0.15, 0.2) is 10.4 Å². The van der Waals surface area contributed by atoms with E-state index >= 15 is 0 Å². The first-order valence-corrected chi connectivity index (χ1v) is 8.28. The van der Waals surface area contributed by atoms with Crippen molar-refractivity contribution in [1.29, 1.82) is 0 Å². The number of hydrogen-bond donors (Lipinski definition) is 0. The van der Waals surface area contributed by atoms with Crippen molar-refractivity contribution in [3.05, 3.63) is 63.2 Å². The molecule has 0 saturated heterocycles. The Morgan fingerprint density at radius 2 is 2.20 bits per heavy atom. The molecule has 25 heavy (non-hydrogen) atoms. The third kappa shape index (κ3) is 4.53. The van der Waals surface area contributed by atoms with Crippen molar-refractivity contribution in [3.8, 4) is 11.4 Å². The van der Waals surface area contributed by atoms with Gasteiger partial charge in [0.25, 0.3) is 5.89 Å². The van der Waals surface area contributed by atoms with Crippen LogP contribution in [0.25, 0.3) is 17.5 Å². The second kappa shape index (κ2) is 7.60. The first-order chi connectivity index (χ1) is 12.0. The fourth-order valence-corrected chi connectivity index (χ4v) is 2.35. The highest BCUT2D eigenvalue weighted by Gasteiger charge is 2.11. The van der Waals surface area contributed by atoms with Crippen molar-refractivity contribution < 1.29 is 22.9 Å². The Morgan fingerprint density at radius 1 is 1.36 bits per heavy atom. The van der Waals surface area contributed by atoms with Crippen LogP contribution in [0.3, 0.4) is 0 Å². The van der Waals surface area contributed by atoms with Gasteiger partial charge in [0.05, 0.1) is 0 Å². The number of hydrogen-bond acceptors (Lipinski definition) is 6. The van der Waals surface area contributed by atoms with Gasteiger partial charge in [0.2, 0.25) is 5.82 Å². The van der Waals surface area contributed by atoms with Gasteiger partial charge in [-0.3, -0.25) is 0 Å². The molecule has 0 aliphatic rings. The summed E-state index contributed by atoms with van der Waals surface area (Å²) in [5, 5.41) is 3.75. The summed E-state index contributed by atoms with van der Waals surface area (Å²) in [5.74, 6) is -0.0423. The molecular formula is C17H12FIN2O4. The zero-order valence-electron chi connectivity index (χ0n) is 13.0. The number of aromatic nitrogens is 2. The Morgan fingerprint density at radius 3 is 2.92 bits per heavy atom. The molecule has 0 N–H and O–H groups in total. The number of ether oxygens (including phenoxy) is 1. The van der Waals surface area contributed by atoms with Gasteiger partial charge < -0.3 is 13.7 Å². The van der Waals surface area contributed by atoms with Crippen LogP contribution in [-0.4, -0.2) is 16.1 Å². The number of esters is 1. The molecule has 2 aromatic heterocycles. The van der Waals surface area contributed by atoms with Crippen LogP contribution in [0.4, 0.5) is 4.39 Å². The van der Waals surface area contributed by atoms with Gasteiger partial charge in [0.1, 0.15) is 11.6 Å². The molecular weight excluding hydrogens is 442 g/mol. The Hall–Kier alpha value is -2.49. The van der Waals surface area contributed by atoms with Crippen molar-refractivity contribution >= 4 is 34.6 Å². The highest BCUT2D eigenvalue weighted by molar-refractivity contribution is 14.1. The van der Waals surface area contributed by atoms with E-state index in [9.17, 15) is 9.18 Å². The van der Waals surface area contributed by atoms with Gasteiger partial charge in [-0.25, -0.2) is 9.18 Å². The Labute approximate surface area is 155 Å². The van der Waals surface area contributed by atoms with Crippen LogP contribution in [0.5, 0.6) is 0 Å². The first-order valence-electron chi connectivity index (χ1n) is 7.20. The standard InChI is InChI=1S/C17H12FIN2O4/c1-10-2-3-11(8-13(10)18)17-20-15(25-21-17)9-23-16(22)7-5-12-4-6-14(19)24-12/h2-8H,9H2,1H3/b7-5+. The molecule has 0 spiro atoms. The SMILES string of the molecule is Cc1ccc(-c2noc(COC(=O)/C=C/c3ccc(I)o3)n2)cc1F. The van der Waals surface area contributed by atoms with E-state index in [2.05, 4.69) is 10.1 Å². The summed E-state index contributed by atoms with van der Waals surface area (Å²) >= 11 is 2.02. The number of furan rings is 1. The van der Waals surface area contributed by atoms with E-state index in [0.29, 0.717) is 16.9 Å². The van der Waals surface area contributed by atoms with Crippen LogP contribution in [0.2, 0.25) is 0 Å². The molecule has 0 saturated carbocycles. The van der Waals surface area contributed by atoms with Crippen LogP contribution in [0.1, 0.15) is 17.2 Å². The predicted molar refractivity (Wildman–Crippen MR) is 94.7 cm³/mol. The quantitative estimate of drug-likeness (QED) is 0.328. The topological polar surface area (TPSA) is 78.4 Å². The van der Waals surface area contributed by atoms with E-state index in [0.717, 1.165) is 3.77 Å². The Balaban J connectivity index is 1.58. The minimum absolute atomic E-state index is 0.116. The van der Waals surface area contributed by atoms with Gasteiger partial charge in [-0.05, 0) is 59.4 Å². The summed E-state index contributed by atoms with van der Waals surface area (Å²) in [4.78, 5) is 15.7. The molecule has 2 heterocycles. The average molecular weight is 454 g/mol. The van der Waals surface area contributed by atoms with Crippen LogP contribution < -0.4 is 0 Å². The van der Waals surface area contributed by atoms with E-state index in [1.807, 2.05) is 22.6 Å². The summed E-state index contributed by atoms with van der Waals surface area (Å²) in [5.41, 5.74) is 1.01. The van der Waals surface area contributed by atoms with E-state index in [1.54, 1.807) is 31.2 Å². The lowest BCUT2D eigenvalue weighted by Crippen LogP contribution is -2.00. The minimum atomic E-state index is -0.576. The molecule has 0 amide bonds. The summed E-state index contributed by atoms with van der Waals surface area (Å²) in [6.07, 6.45) is 2.74. The average Bonchev–Trinajstić information content (AvgIpc) is 3.22. The number of nitrogens with zero attached hydrogens (tertiary/aromatic N) is 2. The fraction of sp³-hybridized carbons (Fsp3) is 0.118. The zero-order valence-corrected chi connectivity index (χ0v) is 15.2. The molecule has 3 rings (SSSR count). The second-order valence-corrected chi connectivity index (χ2v) is 6.12. The molecule has 0 aliphatic heterocycles. The molecule has 0 aliphatic carbocycles. The fourth-order valence-electron chi connectivity index (χ4n) is 1.91. The maximum absolute atomic E-state index is 13.6. The molecule has 0 bridgehead atoms. The van der Waals surface area contributed by atoms with E-state index in [-0.39, 0.29) is 24.1 Å². The number of rotatable bonds is 5. The summed E-state index contributed by atoms with van der Waals surface area (Å²) < 4.78 is 29.6. The highest BCUT2D eigenvalue weighted by Crippen LogP contribution is 2.19. The van der Waals surface area contributed by atoms with Gasteiger partial charge >= 0.3 is 5.97 Å². The van der Waals surface area contributed by atoms with Crippen LogP contribution in [0.15, 0.2) is 45.3 Å². The normalized spacial score (nSPS) is 11.2. The number of halogens is 2. The summed E-state index contributed by atoms with van der Waals surface area (Å²) in [7, 11) is 0. The second-order valence-electron chi connectivity index (χ2n) is 5.06. The number of carbonyl (C=O) groups is 1. The summed E-state index contributed by atoms with van der Waals surface area (Å²) in [6, 6.07) is 8.15. The lowest BCUT2D eigenvalue weighted by atomic mass is 10.1. The van der Waals surface area contributed by atoms with Crippen molar-refractivity contribution in [2.24, 2.45) is 0 Å². The zero-order chi connectivity index (χ0) is 17.8. The highest BCUT2D eigenvalue weighted by atomic mass is 127. The van der Waals surface area contributed by atoms with Gasteiger partial charge in [-0.1, -0.05) is 17.3 Å². The first kappa shape index (κ1) is 17.3. The van der Waals surface area contributed by atoms with Crippen molar-refractivity contribution in [3.63, 3.8) is 0 Å². The van der Waals surface area contributed by atoms with Gasteiger partial charge in [-0.2, -0.15) is 4.98 Å². The molecule has 0 radical (unpaired) electrons.